The van der Waals surface area contributed by atoms with Gasteiger partial charge >= 0.3 is 6.09 Å². The first-order valence-electron chi connectivity index (χ1n) is 16.5. The number of carbonyl (C=O) groups is 3. The van der Waals surface area contributed by atoms with E-state index in [1.165, 1.54) is 7.11 Å². The number of benzene rings is 3. The lowest BCUT2D eigenvalue weighted by atomic mass is 9.95. The van der Waals surface area contributed by atoms with E-state index >= 15 is 0 Å². The van der Waals surface area contributed by atoms with Crippen molar-refractivity contribution in [1.29, 1.82) is 0 Å². The first-order chi connectivity index (χ1) is 24.3. The molecule has 4 aromatic rings. The molecule has 6 atom stereocenters. The zero-order valence-corrected chi connectivity index (χ0v) is 29.3. The molecule has 4 unspecified atom stereocenters. The van der Waals surface area contributed by atoms with Crippen molar-refractivity contribution in [2.75, 3.05) is 42.9 Å². The highest BCUT2D eigenvalue weighted by atomic mass is 35.5. The van der Waals surface area contributed by atoms with E-state index in [-0.39, 0.29) is 30.8 Å². The molecule has 3 amide bonds. The van der Waals surface area contributed by atoms with E-state index in [1.807, 2.05) is 24.3 Å². The van der Waals surface area contributed by atoms with Gasteiger partial charge in [0.05, 0.1) is 12.3 Å². The summed E-state index contributed by atoms with van der Waals surface area (Å²) in [6.45, 7) is 4.70. The Hall–Kier alpha value is -4.44. The number of nitrogens with one attached hydrogen (secondary N) is 3. The lowest BCUT2D eigenvalue weighted by Gasteiger charge is -2.41. The van der Waals surface area contributed by atoms with Gasteiger partial charge < -0.3 is 54.8 Å². The molecule has 2 aliphatic rings. The largest absolute Gasteiger partial charge is 0.461 e. The van der Waals surface area contributed by atoms with Crippen molar-refractivity contribution in [3.8, 4) is 5.75 Å². The first kappa shape index (κ1) is 36.4. The molecule has 0 bridgehead atoms. The SMILES string of the molecule is CO[C@H]1C(CO)O[C@@H](Oc2cc3c(c4ccccc24)C(CCl)CN3C(=O)c2cc3cc(NC(=O)CNC(=O)OC(C)(C)C)ccc3[nH]2)C(O)C1O. The summed E-state index contributed by atoms with van der Waals surface area (Å²) in [7, 11) is 1.35. The summed E-state index contributed by atoms with van der Waals surface area (Å²) in [4.78, 5) is 43.4. The van der Waals surface area contributed by atoms with Gasteiger partial charge in [0.25, 0.3) is 5.91 Å². The number of rotatable bonds is 9. The number of alkyl halides is 1. The van der Waals surface area contributed by atoms with E-state index in [0.717, 1.165) is 10.9 Å². The van der Waals surface area contributed by atoms with Gasteiger partial charge in [0.15, 0.2) is 0 Å². The summed E-state index contributed by atoms with van der Waals surface area (Å²) in [6.07, 6.45) is -6.87. The van der Waals surface area contributed by atoms with Crippen molar-refractivity contribution in [3.63, 3.8) is 0 Å². The number of aliphatic hydroxyl groups is 3. The molecular formula is C36H41ClN4O10. The molecule has 6 rings (SSSR count). The average molecular weight is 725 g/mol. The minimum absolute atomic E-state index is 0.204. The number of carbonyl (C=O) groups excluding carboxylic acids is 3. The van der Waals surface area contributed by atoms with E-state index in [2.05, 4.69) is 15.6 Å². The number of aromatic nitrogens is 1. The second-order valence-corrected chi connectivity index (χ2v) is 13.8. The summed E-state index contributed by atoms with van der Waals surface area (Å²) in [5.74, 6) is -0.457. The van der Waals surface area contributed by atoms with Crippen LogP contribution in [0.15, 0.2) is 54.6 Å². The standard InChI is InChI=1S/C36H41ClN4O10/c1-36(2,3)51-35(47)38-15-28(43)39-20-9-10-23-18(11-20)12-24(40-23)33(46)41-16-19(14-37)29-22-8-6-5-7-21(22)26(13-25(29)41)49-34-31(45)30(44)32(48-4)27(17-42)50-34/h5-13,19,27,30-32,34,40,42,44-45H,14-17H2,1-4H3,(H,38,47)(H,39,43)/t19?,27?,30?,31?,32-,34+/m0/s1. The number of hydrogen-bond donors (Lipinski definition) is 6. The molecule has 15 heteroatoms. The number of anilines is 2. The Morgan fingerprint density at radius 1 is 1.06 bits per heavy atom. The van der Waals surface area contributed by atoms with E-state index in [4.69, 9.17) is 30.5 Å². The average Bonchev–Trinajstić information content (AvgIpc) is 3.70. The van der Waals surface area contributed by atoms with Crippen LogP contribution in [0.25, 0.3) is 21.7 Å². The van der Waals surface area contributed by atoms with Crippen molar-refractivity contribution in [1.82, 2.24) is 10.3 Å². The number of hydrogen-bond acceptors (Lipinski definition) is 10. The van der Waals surface area contributed by atoms with Crippen LogP contribution in [0, 0.1) is 0 Å². The maximum atomic E-state index is 14.2. The minimum atomic E-state index is -1.50. The Balaban J connectivity index is 1.26. The van der Waals surface area contributed by atoms with Crippen molar-refractivity contribution in [3.05, 3.63) is 65.9 Å². The van der Waals surface area contributed by atoms with Gasteiger partial charge in [-0.1, -0.05) is 24.3 Å². The van der Waals surface area contributed by atoms with Crippen LogP contribution >= 0.6 is 11.6 Å². The summed E-state index contributed by atoms with van der Waals surface area (Å²) in [5, 5.41) is 38.7. The third-order valence-electron chi connectivity index (χ3n) is 8.82. The second kappa shape index (κ2) is 14.7. The van der Waals surface area contributed by atoms with Gasteiger partial charge in [-0.2, -0.15) is 0 Å². The van der Waals surface area contributed by atoms with E-state index in [0.29, 0.717) is 39.1 Å². The maximum Gasteiger partial charge on any atom is 0.408 e. The number of H-pyrrole nitrogens is 1. The maximum absolute atomic E-state index is 14.2. The molecule has 2 aliphatic heterocycles. The molecule has 0 spiro atoms. The fourth-order valence-corrected chi connectivity index (χ4v) is 6.79. The van der Waals surface area contributed by atoms with Gasteiger partial charge in [-0.05, 0) is 56.0 Å². The smallest absolute Gasteiger partial charge is 0.408 e. The molecule has 3 aromatic carbocycles. The van der Waals surface area contributed by atoms with Crippen molar-refractivity contribution in [2.45, 2.75) is 63.0 Å². The van der Waals surface area contributed by atoms with Crippen LogP contribution in [0.5, 0.6) is 5.75 Å². The van der Waals surface area contributed by atoms with Gasteiger partial charge in [-0.25, -0.2) is 4.79 Å². The van der Waals surface area contributed by atoms with Crippen molar-refractivity contribution < 1.29 is 48.7 Å². The summed E-state index contributed by atoms with van der Waals surface area (Å²) >= 11 is 6.47. The number of amides is 3. The van der Waals surface area contributed by atoms with E-state index < -0.39 is 54.9 Å². The lowest BCUT2D eigenvalue weighted by molar-refractivity contribution is -0.281. The predicted molar refractivity (Wildman–Crippen MR) is 189 cm³/mol. The van der Waals surface area contributed by atoms with Crippen LogP contribution in [-0.4, -0.2) is 107 Å². The van der Waals surface area contributed by atoms with Crippen molar-refractivity contribution >= 4 is 62.6 Å². The lowest BCUT2D eigenvalue weighted by Crippen LogP contribution is -2.60. The summed E-state index contributed by atoms with van der Waals surface area (Å²) < 4.78 is 22.4. The fourth-order valence-electron chi connectivity index (χ4n) is 6.54. The monoisotopic (exact) mass is 724 g/mol. The van der Waals surface area contributed by atoms with Gasteiger partial charge in [-0.3, -0.25) is 9.59 Å². The topological polar surface area (TPSA) is 192 Å². The molecule has 3 heterocycles. The number of halogens is 1. The first-order valence-corrected chi connectivity index (χ1v) is 17.0. The molecule has 1 fully saturated rings. The molecule has 0 aliphatic carbocycles. The van der Waals surface area contributed by atoms with E-state index in [1.54, 1.807) is 56.0 Å². The van der Waals surface area contributed by atoms with Gasteiger partial charge in [0.2, 0.25) is 12.2 Å². The van der Waals surface area contributed by atoms with Crippen LogP contribution in [0.2, 0.25) is 0 Å². The quantitative estimate of drug-likeness (QED) is 0.139. The Bertz CT molecular complexity index is 1940. The fraction of sp³-hybridized carbons (Fsp3) is 0.417. The number of fused-ring (bicyclic) bond motifs is 4. The highest BCUT2D eigenvalue weighted by molar-refractivity contribution is 6.19. The Labute approximate surface area is 298 Å². The number of methoxy groups -OCH3 is 1. The zero-order chi connectivity index (χ0) is 36.6. The molecule has 0 radical (unpaired) electrons. The predicted octanol–water partition coefficient (Wildman–Crippen LogP) is 3.60. The second-order valence-electron chi connectivity index (χ2n) is 13.5. The summed E-state index contributed by atoms with van der Waals surface area (Å²) in [5.41, 5.74) is 2.15. The molecule has 0 saturated carbocycles. The number of aliphatic hydroxyl groups excluding tert-OH is 3. The van der Waals surface area contributed by atoms with Gasteiger partial charge in [-0.15, -0.1) is 11.6 Å². The Morgan fingerprint density at radius 3 is 2.49 bits per heavy atom. The minimum Gasteiger partial charge on any atom is -0.461 e. The summed E-state index contributed by atoms with van der Waals surface area (Å²) in [6, 6.07) is 16.0. The van der Waals surface area contributed by atoms with Crippen LogP contribution in [0.4, 0.5) is 16.2 Å². The third kappa shape index (κ3) is 7.47. The zero-order valence-electron chi connectivity index (χ0n) is 28.5. The normalized spacial score (nSPS) is 23.3. The third-order valence-corrected chi connectivity index (χ3v) is 9.20. The number of ether oxygens (including phenoxy) is 4. The van der Waals surface area contributed by atoms with Gasteiger partial charge in [0, 0.05) is 53.5 Å². The molecule has 14 nitrogen and oxygen atoms in total. The van der Waals surface area contributed by atoms with Crippen molar-refractivity contribution in [2.24, 2.45) is 0 Å². The Kier molecular flexibility index (Phi) is 10.4. The Morgan fingerprint density at radius 2 is 1.80 bits per heavy atom. The number of aromatic amines is 1. The van der Waals surface area contributed by atoms with Crippen LogP contribution in [-0.2, 0) is 19.0 Å². The van der Waals surface area contributed by atoms with E-state index in [9.17, 15) is 29.7 Å². The number of nitrogens with zero attached hydrogens (tertiary/aromatic N) is 1. The molecule has 1 aromatic heterocycles. The molecule has 51 heavy (non-hydrogen) atoms. The molecule has 272 valence electrons. The molecule has 6 N–H and O–H groups in total. The van der Waals surface area contributed by atoms with Crippen LogP contribution in [0.3, 0.4) is 0 Å². The molecule has 1 saturated heterocycles. The molecular weight excluding hydrogens is 684 g/mol. The number of alkyl carbamates (subject to hydrolysis) is 1. The van der Waals surface area contributed by atoms with Crippen LogP contribution < -0.4 is 20.3 Å². The van der Waals surface area contributed by atoms with Gasteiger partial charge in [0.1, 0.15) is 48.0 Å². The highest BCUT2D eigenvalue weighted by Crippen LogP contribution is 2.46. The van der Waals surface area contributed by atoms with Crippen LogP contribution in [0.1, 0.15) is 42.7 Å². The highest BCUT2D eigenvalue weighted by Gasteiger charge is 2.46.